The van der Waals surface area contributed by atoms with Crippen molar-refractivity contribution in [2.24, 2.45) is 11.1 Å². The van der Waals surface area contributed by atoms with Gasteiger partial charge in [0.2, 0.25) is 0 Å². The van der Waals surface area contributed by atoms with E-state index in [1.54, 1.807) is 23.5 Å². The van der Waals surface area contributed by atoms with Gasteiger partial charge in [-0.15, -0.1) is 11.3 Å². The Morgan fingerprint density at radius 1 is 1.26 bits per heavy atom. The molecule has 0 aliphatic carbocycles. The highest BCUT2D eigenvalue weighted by Gasteiger charge is 2.32. The molecule has 2 aromatic rings. The van der Waals surface area contributed by atoms with Crippen molar-refractivity contribution in [3.8, 4) is 5.75 Å². The van der Waals surface area contributed by atoms with Crippen LogP contribution >= 0.6 is 11.3 Å². The average Bonchev–Trinajstić information content (AvgIpc) is 2.91. The zero-order chi connectivity index (χ0) is 13.9. The Kier molecular flexibility index (Phi) is 4.22. The van der Waals surface area contributed by atoms with E-state index in [9.17, 15) is 4.39 Å². The number of hydrogen-bond acceptors (Lipinski definition) is 3. The summed E-state index contributed by atoms with van der Waals surface area (Å²) in [7, 11) is 0. The topological polar surface area (TPSA) is 35.2 Å². The number of halogens is 1. The van der Waals surface area contributed by atoms with E-state index in [0.717, 1.165) is 4.88 Å². The molecule has 2 N–H and O–H groups in total. The summed E-state index contributed by atoms with van der Waals surface area (Å²) in [6.07, 6.45) is -0.136. The van der Waals surface area contributed by atoms with Crippen molar-refractivity contribution in [1.29, 1.82) is 0 Å². The first kappa shape index (κ1) is 14.0. The minimum atomic E-state index is -0.266. The molecule has 19 heavy (non-hydrogen) atoms. The second-order valence-corrected chi connectivity index (χ2v) is 6.14. The molecular weight excluding hydrogens is 261 g/mol. The second-order valence-electron chi connectivity index (χ2n) is 5.16. The van der Waals surface area contributed by atoms with E-state index < -0.39 is 0 Å². The van der Waals surface area contributed by atoms with E-state index >= 15 is 0 Å². The summed E-state index contributed by atoms with van der Waals surface area (Å²) in [4.78, 5) is 1.12. The molecule has 1 aromatic carbocycles. The maximum absolute atomic E-state index is 12.9. The fourth-order valence-corrected chi connectivity index (χ4v) is 2.76. The Labute approximate surface area is 117 Å². The largest absolute Gasteiger partial charge is 0.484 e. The van der Waals surface area contributed by atoms with Gasteiger partial charge < -0.3 is 10.5 Å². The van der Waals surface area contributed by atoms with Gasteiger partial charge in [-0.05, 0) is 35.7 Å². The maximum atomic E-state index is 12.9. The van der Waals surface area contributed by atoms with Gasteiger partial charge in [0.25, 0.3) is 0 Å². The van der Waals surface area contributed by atoms with Gasteiger partial charge in [0, 0.05) is 16.8 Å². The Morgan fingerprint density at radius 3 is 2.47 bits per heavy atom. The van der Waals surface area contributed by atoms with Crippen LogP contribution in [0, 0.1) is 11.2 Å². The lowest BCUT2D eigenvalue weighted by atomic mass is 9.85. The molecule has 0 amide bonds. The highest BCUT2D eigenvalue weighted by atomic mass is 32.1. The molecule has 2 rings (SSSR count). The van der Waals surface area contributed by atoms with Crippen LogP contribution in [0.3, 0.4) is 0 Å². The first-order chi connectivity index (χ1) is 9.03. The smallest absolute Gasteiger partial charge is 0.139 e. The van der Waals surface area contributed by atoms with Gasteiger partial charge in [-0.2, -0.15) is 0 Å². The van der Waals surface area contributed by atoms with Crippen LogP contribution in [0.5, 0.6) is 5.75 Å². The second kappa shape index (κ2) is 5.72. The van der Waals surface area contributed by atoms with Crippen LogP contribution < -0.4 is 10.5 Å². The van der Waals surface area contributed by atoms with Crippen LogP contribution in [0.15, 0.2) is 41.8 Å². The zero-order valence-corrected chi connectivity index (χ0v) is 11.9. The Hall–Kier alpha value is -1.39. The fraction of sp³-hybridized carbons (Fsp3) is 0.333. The molecule has 0 bridgehead atoms. The molecule has 1 heterocycles. The molecule has 0 aliphatic rings. The summed E-state index contributed by atoms with van der Waals surface area (Å²) in [6, 6.07) is 10.1. The van der Waals surface area contributed by atoms with Crippen LogP contribution in [-0.2, 0) is 0 Å². The Morgan fingerprint density at radius 2 is 1.95 bits per heavy atom. The first-order valence-electron chi connectivity index (χ1n) is 6.18. The molecule has 1 aromatic heterocycles. The molecule has 0 radical (unpaired) electrons. The molecule has 1 unspecified atom stereocenters. The minimum Gasteiger partial charge on any atom is -0.484 e. The van der Waals surface area contributed by atoms with Crippen LogP contribution in [-0.4, -0.2) is 6.54 Å². The van der Waals surface area contributed by atoms with Gasteiger partial charge in [0.1, 0.15) is 17.7 Å². The van der Waals surface area contributed by atoms with E-state index in [4.69, 9.17) is 10.5 Å². The summed E-state index contributed by atoms with van der Waals surface area (Å²) in [5, 5.41) is 2.02. The third kappa shape index (κ3) is 3.33. The van der Waals surface area contributed by atoms with Crippen molar-refractivity contribution in [2.45, 2.75) is 20.0 Å². The van der Waals surface area contributed by atoms with Gasteiger partial charge in [0.05, 0.1) is 0 Å². The quantitative estimate of drug-likeness (QED) is 0.898. The number of thiophene rings is 1. The highest BCUT2D eigenvalue weighted by molar-refractivity contribution is 7.10. The molecule has 102 valence electrons. The first-order valence-corrected chi connectivity index (χ1v) is 7.06. The predicted molar refractivity (Wildman–Crippen MR) is 76.9 cm³/mol. The number of ether oxygens (including phenoxy) is 1. The van der Waals surface area contributed by atoms with Crippen molar-refractivity contribution >= 4 is 11.3 Å². The predicted octanol–water partition coefficient (Wildman–Crippen LogP) is 3.99. The van der Waals surface area contributed by atoms with Crippen molar-refractivity contribution in [3.63, 3.8) is 0 Å². The molecular formula is C15H18FNOS. The molecule has 2 nitrogen and oxygen atoms in total. The van der Waals surface area contributed by atoms with Crippen molar-refractivity contribution in [3.05, 3.63) is 52.5 Å². The Balaban J connectivity index is 2.26. The SMILES string of the molecule is CC(C)(CN)C(Oc1ccc(F)cc1)c1cccs1. The van der Waals surface area contributed by atoms with Crippen LogP contribution in [0.2, 0.25) is 0 Å². The maximum Gasteiger partial charge on any atom is 0.139 e. The van der Waals surface area contributed by atoms with Crippen molar-refractivity contribution in [1.82, 2.24) is 0 Å². The lowest BCUT2D eigenvalue weighted by Gasteiger charge is -2.32. The van der Waals surface area contributed by atoms with Crippen molar-refractivity contribution in [2.75, 3.05) is 6.54 Å². The molecule has 1 atom stereocenters. The van der Waals surface area contributed by atoms with Crippen LogP contribution in [0.25, 0.3) is 0 Å². The number of benzene rings is 1. The normalized spacial score (nSPS) is 13.3. The minimum absolute atomic E-state index is 0.136. The van der Waals surface area contributed by atoms with Gasteiger partial charge >= 0.3 is 0 Å². The average molecular weight is 279 g/mol. The van der Waals surface area contributed by atoms with Gasteiger partial charge in [0.15, 0.2) is 0 Å². The molecule has 0 saturated carbocycles. The van der Waals surface area contributed by atoms with Gasteiger partial charge in [-0.25, -0.2) is 4.39 Å². The lowest BCUT2D eigenvalue weighted by Crippen LogP contribution is -2.33. The van der Waals surface area contributed by atoms with E-state index in [1.165, 1.54) is 12.1 Å². The van der Waals surface area contributed by atoms with E-state index in [1.807, 2.05) is 17.5 Å². The van der Waals surface area contributed by atoms with Crippen molar-refractivity contribution < 1.29 is 9.13 Å². The summed E-state index contributed by atoms with van der Waals surface area (Å²) >= 11 is 1.64. The van der Waals surface area contributed by atoms with Gasteiger partial charge in [-0.3, -0.25) is 0 Å². The summed E-state index contributed by atoms with van der Waals surface area (Å²) in [5.74, 6) is 0.388. The lowest BCUT2D eigenvalue weighted by molar-refractivity contribution is 0.0820. The standard InChI is InChI=1S/C15H18FNOS/c1-15(2,10-17)14(13-4-3-9-19-13)18-12-7-5-11(16)6-8-12/h3-9,14H,10,17H2,1-2H3. The molecule has 0 spiro atoms. The van der Waals surface area contributed by atoms with E-state index in [2.05, 4.69) is 13.8 Å². The summed E-state index contributed by atoms with van der Waals surface area (Å²) in [5.41, 5.74) is 5.66. The molecule has 4 heteroatoms. The number of nitrogens with two attached hydrogens (primary N) is 1. The van der Waals surface area contributed by atoms with E-state index in [-0.39, 0.29) is 17.3 Å². The monoisotopic (exact) mass is 279 g/mol. The third-order valence-electron chi connectivity index (χ3n) is 3.11. The number of rotatable bonds is 5. The van der Waals surface area contributed by atoms with Crippen LogP contribution in [0.1, 0.15) is 24.8 Å². The molecule has 0 fully saturated rings. The third-order valence-corrected chi connectivity index (χ3v) is 4.02. The molecule has 0 aliphatic heterocycles. The molecule has 0 saturated heterocycles. The highest BCUT2D eigenvalue weighted by Crippen LogP contribution is 2.38. The fourth-order valence-electron chi connectivity index (χ4n) is 1.80. The van der Waals surface area contributed by atoms with E-state index in [0.29, 0.717) is 12.3 Å². The summed E-state index contributed by atoms with van der Waals surface area (Å²) in [6.45, 7) is 4.65. The van der Waals surface area contributed by atoms with Crippen LogP contribution in [0.4, 0.5) is 4.39 Å². The zero-order valence-electron chi connectivity index (χ0n) is 11.1. The van der Waals surface area contributed by atoms with Gasteiger partial charge in [-0.1, -0.05) is 19.9 Å². The summed E-state index contributed by atoms with van der Waals surface area (Å²) < 4.78 is 19.0. The number of hydrogen-bond donors (Lipinski definition) is 1. The Bertz CT molecular complexity index is 507.